The first-order valence-electron chi connectivity index (χ1n) is 8.88. The molecule has 0 saturated heterocycles. The third kappa shape index (κ3) is 2.18. The summed E-state index contributed by atoms with van der Waals surface area (Å²) in [5.41, 5.74) is -0.0752. The highest BCUT2D eigenvalue weighted by Gasteiger charge is 2.56. The van der Waals surface area contributed by atoms with Gasteiger partial charge >= 0.3 is 0 Å². The summed E-state index contributed by atoms with van der Waals surface area (Å²) in [6.45, 7) is 0.311. The average Bonchev–Trinajstić information content (AvgIpc) is 2.96. The molecule has 3 nitrogen and oxygen atoms in total. The first-order chi connectivity index (χ1) is 10.2. The van der Waals surface area contributed by atoms with Crippen LogP contribution in [0.2, 0.25) is 0 Å². The molecule has 0 spiro atoms. The van der Waals surface area contributed by atoms with E-state index in [1.807, 2.05) is 4.90 Å². The first kappa shape index (κ1) is 13.6. The van der Waals surface area contributed by atoms with Crippen molar-refractivity contribution >= 4 is 5.91 Å². The molecule has 0 radical (unpaired) electrons. The van der Waals surface area contributed by atoms with E-state index in [2.05, 4.69) is 6.07 Å². The molecule has 0 unspecified atom stereocenters. The van der Waals surface area contributed by atoms with E-state index in [9.17, 15) is 10.1 Å². The highest BCUT2D eigenvalue weighted by Crippen LogP contribution is 2.60. The van der Waals surface area contributed by atoms with Gasteiger partial charge in [-0.15, -0.1) is 0 Å². The van der Waals surface area contributed by atoms with Crippen LogP contribution in [0.4, 0.5) is 0 Å². The Morgan fingerprint density at radius 2 is 1.57 bits per heavy atom. The van der Waals surface area contributed by atoms with Crippen molar-refractivity contribution in [1.29, 1.82) is 5.26 Å². The molecule has 5 fully saturated rings. The van der Waals surface area contributed by atoms with E-state index in [1.54, 1.807) is 0 Å². The van der Waals surface area contributed by atoms with Crippen LogP contribution in [-0.4, -0.2) is 23.4 Å². The zero-order chi connectivity index (χ0) is 14.4. The van der Waals surface area contributed by atoms with Crippen molar-refractivity contribution in [3.63, 3.8) is 0 Å². The lowest BCUT2D eigenvalue weighted by Gasteiger charge is -2.56. The predicted molar refractivity (Wildman–Crippen MR) is 80.2 cm³/mol. The summed E-state index contributed by atoms with van der Waals surface area (Å²) in [5.74, 6) is 2.75. The van der Waals surface area contributed by atoms with Crippen LogP contribution in [0, 0.1) is 34.5 Å². The van der Waals surface area contributed by atoms with Crippen molar-refractivity contribution < 1.29 is 4.79 Å². The number of hydrogen-bond acceptors (Lipinski definition) is 2. The highest BCUT2D eigenvalue weighted by molar-refractivity contribution is 5.84. The SMILES string of the molecule is N#CCN(C(=O)C12CC3CC(CC(C3)C1)C2)C1CCCC1. The monoisotopic (exact) mass is 286 g/mol. The second kappa shape index (κ2) is 5.00. The Morgan fingerprint density at radius 1 is 1.05 bits per heavy atom. The maximum Gasteiger partial charge on any atom is 0.229 e. The summed E-state index contributed by atoms with van der Waals surface area (Å²) in [5, 5.41) is 9.18. The van der Waals surface area contributed by atoms with E-state index in [0.717, 1.165) is 49.9 Å². The summed E-state index contributed by atoms with van der Waals surface area (Å²) in [7, 11) is 0. The molecule has 21 heavy (non-hydrogen) atoms. The van der Waals surface area contributed by atoms with Gasteiger partial charge in [0, 0.05) is 6.04 Å². The van der Waals surface area contributed by atoms with Crippen LogP contribution >= 0.6 is 0 Å². The van der Waals surface area contributed by atoms with Crippen LogP contribution in [0.3, 0.4) is 0 Å². The van der Waals surface area contributed by atoms with Crippen molar-refractivity contribution in [2.75, 3.05) is 6.54 Å². The Hall–Kier alpha value is -1.04. The molecule has 0 heterocycles. The fourth-order valence-corrected chi connectivity index (χ4v) is 6.34. The normalized spacial score (nSPS) is 41.2. The van der Waals surface area contributed by atoms with Gasteiger partial charge in [-0.3, -0.25) is 4.79 Å². The molecular weight excluding hydrogens is 260 g/mol. The zero-order valence-electron chi connectivity index (χ0n) is 12.9. The molecule has 0 atom stereocenters. The number of nitriles is 1. The second-order valence-corrected chi connectivity index (χ2v) is 8.23. The van der Waals surface area contributed by atoms with Crippen molar-refractivity contribution in [3.05, 3.63) is 0 Å². The standard InChI is InChI=1S/C18H26N2O/c19-5-6-20(16-3-1-2-4-16)17(21)18-10-13-7-14(11-18)9-15(8-13)12-18/h13-16H,1-4,6-12H2. The lowest BCUT2D eigenvalue weighted by atomic mass is 9.49. The van der Waals surface area contributed by atoms with E-state index < -0.39 is 0 Å². The van der Waals surface area contributed by atoms with Crippen LogP contribution in [0.1, 0.15) is 64.2 Å². The van der Waals surface area contributed by atoms with Crippen molar-refractivity contribution in [1.82, 2.24) is 4.90 Å². The lowest BCUT2D eigenvalue weighted by molar-refractivity contribution is -0.159. The van der Waals surface area contributed by atoms with Gasteiger partial charge in [0.1, 0.15) is 6.54 Å². The third-order valence-electron chi connectivity index (χ3n) is 6.76. The van der Waals surface area contributed by atoms with Gasteiger partial charge in [0.25, 0.3) is 0 Å². The van der Waals surface area contributed by atoms with E-state index >= 15 is 0 Å². The number of carbonyl (C=O) groups is 1. The van der Waals surface area contributed by atoms with E-state index in [-0.39, 0.29) is 5.41 Å². The van der Waals surface area contributed by atoms with Crippen LogP contribution in [-0.2, 0) is 4.79 Å². The minimum atomic E-state index is -0.0752. The molecule has 0 N–H and O–H groups in total. The van der Waals surface area contributed by atoms with Gasteiger partial charge in [0.2, 0.25) is 5.91 Å². The van der Waals surface area contributed by atoms with Gasteiger partial charge in [-0.25, -0.2) is 0 Å². The van der Waals surface area contributed by atoms with Crippen molar-refractivity contribution in [2.45, 2.75) is 70.3 Å². The van der Waals surface area contributed by atoms with Gasteiger partial charge in [0.15, 0.2) is 0 Å². The Bertz CT molecular complexity index is 437. The topological polar surface area (TPSA) is 44.1 Å². The summed E-state index contributed by atoms with van der Waals surface area (Å²) in [6.07, 6.45) is 12.1. The number of carbonyl (C=O) groups excluding carboxylic acids is 1. The summed E-state index contributed by atoms with van der Waals surface area (Å²) >= 11 is 0. The number of nitrogens with zero attached hydrogens (tertiary/aromatic N) is 2. The van der Waals surface area contributed by atoms with Crippen LogP contribution in [0.5, 0.6) is 0 Å². The highest BCUT2D eigenvalue weighted by atomic mass is 16.2. The molecular formula is C18H26N2O. The largest absolute Gasteiger partial charge is 0.326 e. The van der Waals surface area contributed by atoms with Gasteiger partial charge in [-0.1, -0.05) is 12.8 Å². The minimum absolute atomic E-state index is 0.0752. The quantitative estimate of drug-likeness (QED) is 0.745. The molecule has 0 aromatic carbocycles. The third-order valence-corrected chi connectivity index (χ3v) is 6.76. The number of hydrogen-bond donors (Lipinski definition) is 0. The number of rotatable bonds is 3. The van der Waals surface area contributed by atoms with Gasteiger partial charge < -0.3 is 4.90 Å². The molecule has 3 heteroatoms. The maximum absolute atomic E-state index is 13.3. The van der Waals surface area contributed by atoms with E-state index in [4.69, 9.17) is 0 Å². The predicted octanol–water partition coefficient (Wildman–Crippen LogP) is 3.50. The molecule has 5 aliphatic rings. The van der Waals surface area contributed by atoms with Crippen molar-refractivity contribution in [2.24, 2.45) is 23.2 Å². The fraction of sp³-hybridized carbons (Fsp3) is 0.889. The first-order valence-corrected chi connectivity index (χ1v) is 8.88. The Morgan fingerprint density at radius 3 is 2.05 bits per heavy atom. The lowest BCUT2D eigenvalue weighted by Crippen LogP contribution is -2.56. The molecule has 4 bridgehead atoms. The molecule has 5 aliphatic carbocycles. The van der Waals surface area contributed by atoms with Gasteiger partial charge in [0.05, 0.1) is 11.5 Å². The van der Waals surface area contributed by atoms with Crippen LogP contribution in [0.15, 0.2) is 0 Å². The second-order valence-electron chi connectivity index (χ2n) is 8.23. The fourth-order valence-electron chi connectivity index (χ4n) is 6.34. The maximum atomic E-state index is 13.3. The molecule has 114 valence electrons. The molecule has 0 aromatic heterocycles. The minimum Gasteiger partial charge on any atom is -0.326 e. The molecule has 5 rings (SSSR count). The van der Waals surface area contributed by atoms with Crippen molar-refractivity contribution in [3.8, 4) is 6.07 Å². The molecule has 1 amide bonds. The van der Waals surface area contributed by atoms with E-state index in [1.165, 1.54) is 32.1 Å². The Balaban J connectivity index is 1.58. The van der Waals surface area contributed by atoms with E-state index in [0.29, 0.717) is 18.5 Å². The number of amides is 1. The van der Waals surface area contributed by atoms with Gasteiger partial charge in [-0.05, 0) is 69.1 Å². The summed E-state index contributed by atoms with van der Waals surface area (Å²) in [4.78, 5) is 15.3. The average molecular weight is 286 g/mol. The Labute approximate surface area is 127 Å². The van der Waals surface area contributed by atoms with Crippen LogP contribution < -0.4 is 0 Å². The van der Waals surface area contributed by atoms with Crippen LogP contribution in [0.25, 0.3) is 0 Å². The smallest absolute Gasteiger partial charge is 0.229 e. The zero-order valence-corrected chi connectivity index (χ0v) is 12.9. The molecule has 5 saturated carbocycles. The Kier molecular flexibility index (Phi) is 3.24. The summed E-state index contributed by atoms with van der Waals surface area (Å²) in [6, 6.07) is 2.61. The molecule has 0 aliphatic heterocycles. The summed E-state index contributed by atoms with van der Waals surface area (Å²) < 4.78 is 0. The molecule has 0 aromatic rings. The van der Waals surface area contributed by atoms with Gasteiger partial charge in [-0.2, -0.15) is 5.26 Å².